The molecule has 0 aliphatic carbocycles. The highest BCUT2D eigenvalue weighted by Crippen LogP contribution is 2.08. The van der Waals surface area contributed by atoms with Gasteiger partial charge < -0.3 is 4.98 Å². The second-order valence-corrected chi connectivity index (χ2v) is 3.22. The maximum atomic E-state index is 12.6. The molecule has 0 amide bonds. The lowest BCUT2D eigenvalue weighted by molar-refractivity contribution is 0.627. The van der Waals surface area contributed by atoms with Crippen LogP contribution in [0, 0.1) is 18.9 Å². The Labute approximate surface area is 81.8 Å². The van der Waals surface area contributed by atoms with Gasteiger partial charge in [0.2, 0.25) is 0 Å². The SMILES string of the molecule is Cc1n[c]c(Cc2ccc(F)cc2)[nH]1. The predicted octanol–water partition coefficient (Wildman–Crippen LogP) is 2.25. The fourth-order valence-corrected chi connectivity index (χ4v) is 1.32. The van der Waals surface area contributed by atoms with Crippen LogP contribution in [0.4, 0.5) is 4.39 Å². The fourth-order valence-electron chi connectivity index (χ4n) is 1.32. The Kier molecular flexibility index (Phi) is 2.31. The maximum absolute atomic E-state index is 12.6. The number of aryl methyl sites for hydroxylation is 1. The summed E-state index contributed by atoms with van der Waals surface area (Å²) in [4.78, 5) is 7.05. The van der Waals surface area contributed by atoms with Crippen LogP contribution in [0.3, 0.4) is 0 Å². The van der Waals surface area contributed by atoms with E-state index in [0.29, 0.717) is 6.42 Å². The van der Waals surface area contributed by atoms with Crippen molar-refractivity contribution in [3.8, 4) is 0 Å². The normalized spacial score (nSPS) is 10.4. The highest BCUT2D eigenvalue weighted by molar-refractivity contribution is 5.21. The van der Waals surface area contributed by atoms with Crippen molar-refractivity contribution < 1.29 is 4.39 Å². The molecule has 1 heterocycles. The van der Waals surface area contributed by atoms with E-state index in [1.54, 1.807) is 12.1 Å². The third kappa shape index (κ3) is 1.99. The van der Waals surface area contributed by atoms with E-state index in [-0.39, 0.29) is 5.82 Å². The largest absolute Gasteiger partial charge is 0.345 e. The zero-order valence-electron chi connectivity index (χ0n) is 7.84. The number of halogens is 1. The molecule has 0 unspecified atom stereocenters. The lowest BCUT2D eigenvalue weighted by Gasteiger charge is -1.97. The molecular formula is C11H10FN2. The monoisotopic (exact) mass is 189 g/mol. The molecule has 0 atom stereocenters. The smallest absolute Gasteiger partial charge is 0.123 e. The van der Waals surface area contributed by atoms with Crippen LogP contribution in [-0.4, -0.2) is 9.97 Å². The lowest BCUT2D eigenvalue weighted by atomic mass is 10.1. The first-order chi connectivity index (χ1) is 6.74. The summed E-state index contributed by atoms with van der Waals surface area (Å²) in [6.07, 6.45) is 3.58. The van der Waals surface area contributed by atoms with Gasteiger partial charge in [0.05, 0.1) is 0 Å². The molecule has 0 aliphatic heterocycles. The van der Waals surface area contributed by atoms with Crippen molar-refractivity contribution in [3.05, 3.63) is 53.4 Å². The van der Waals surface area contributed by atoms with Crippen molar-refractivity contribution in [1.82, 2.24) is 9.97 Å². The van der Waals surface area contributed by atoms with Crippen LogP contribution in [0.25, 0.3) is 0 Å². The average molecular weight is 189 g/mol. The molecule has 2 rings (SSSR count). The van der Waals surface area contributed by atoms with Crippen LogP contribution in [0.1, 0.15) is 17.1 Å². The molecule has 71 valence electrons. The third-order valence-corrected chi connectivity index (χ3v) is 1.98. The molecule has 1 aromatic carbocycles. The van der Waals surface area contributed by atoms with E-state index < -0.39 is 0 Å². The summed E-state index contributed by atoms with van der Waals surface area (Å²) in [5.74, 6) is 0.639. The number of benzene rings is 1. The number of hydrogen-bond acceptors (Lipinski definition) is 1. The Balaban J connectivity index is 2.15. The van der Waals surface area contributed by atoms with Crippen molar-refractivity contribution in [2.45, 2.75) is 13.3 Å². The number of hydrogen-bond donors (Lipinski definition) is 1. The summed E-state index contributed by atoms with van der Waals surface area (Å²) >= 11 is 0. The Hall–Kier alpha value is -1.64. The minimum absolute atomic E-state index is 0.210. The molecule has 0 spiro atoms. The van der Waals surface area contributed by atoms with Gasteiger partial charge in [-0.25, -0.2) is 9.37 Å². The van der Waals surface area contributed by atoms with Gasteiger partial charge in [-0.15, -0.1) is 0 Å². The van der Waals surface area contributed by atoms with Crippen molar-refractivity contribution in [3.63, 3.8) is 0 Å². The molecule has 0 fully saturated rings. The molecule has 2 nitrogen and oxygen atoms in total. The molecular weight excluding hydrogens is 179 g/mol. The predicted molar refractivity (Wildman–Crippen MR) is 51.4 cm³/mol. The molecule has 1 aromatic heterocycles. The molecule has 0 saturated carbocycles. The van der Waals surface area contributed by atoms with Crippen LogP contribution in [-0.2, 0) is 6.42 Å². The molecule has 1 radical (unpaired) electrons. The van der Waals surface area contributed by atoms with Crippen LogP contribution in [0.2, 0.25) is 0 Å². The minimum atomic E-state index is -0.210. The van der Waals surface area contributed by atoms with Gasteiger partial charge in [-0.3, -0.25) is 0 Å². The summed E-state index contributed by atoms with van der Waals surface area (Å²) in [6, 6.07) is 6.44. The second-order valence-electron chi connectivity index (χ2n) is 3.22. The lowest BCUT2D eigenvalue weighted by Crippen LogP contribution is -1.88. The average Bonchev–Trinajstić information content (AvgIpc) is 2.56. The second kappa shape index (κ2) is 3.62. The van der Waals surface area contributed by atoms with Gasteiger partial charge in [-0.05, 0) is 24.6 Å². The van der Waals surface area contributed by atoms with Gasteiger partial charge in [0, 0.05) is 12.1 Å². The summed E-state index contributed by atoms with van der Waals surface area (Å²) in [7, 11) is 0. The Morgan fingerprint density at radius 3 is 2.64 bits per heavy atom. The van der Waals surface area contributed by atoms with E-state index in [0.717, 1.165) is 17.1 Å². The van der Waals surface area contributed by atoms with E-state index in [4.69, 9.17) is 0 Å². The Morgan fingerprint density at radius 1 is 1.36 bits per heavy atom. The summed E-state index contributed by atoms with van der Waals surface area (Å²) in [6.45, 7) is 1.88. The van der Waals surface area contributed by atoms with E-state index in [9.17, 15) is 4.39 Å². The van der Waals surface area contributed by atoms with Crippen LogP contribution >= 0.6 is 0 Å². The quantitative estimate of drug-likeness (QED) is 0.771. The van der Waals surface area contributed by atoms with Crippen LogP contribution < -0.4 is 0 Å². The number of rotatable bonds is 2. The first-order valence-electron chi connectivity index (χ1n) is 4.41. The first kappa shape index (κ1) is 8.94. The van der Waals surface area contributed by atoms with Crippen LogP contribution in [0.5, 0.6) is 0 Å². The molecule has 1 N–H and O–H groups in total. The molecule has 2 aromatic rings. The van der Waals surface area contributed by atoms with Crippen molar-refractivity contribution >= 4 is 0 Å². The number of aromatic nitrogens is 2. The highest BCUT2D eigenvalue weighted by Gasteiger charge is 1.99. The van der Waals surface area contributed by atoms with Gasteiger partial charge in [-0.2, -0.15) is 0 Å². The number of nitrogens with zero attached hydrogens (tertiary/aromatic N) is 1. The fraction of sp³-hybridized carbons (Fsp3) is 0.182. The highest BCUT2D eigenvalue weighted by atomic mass is 19.1. The maximum Gasteiger partial charge on any atom is 0.123 e. The van der Waals surface area contributed by atoms with E-state index in [1.165, 1.54) is 12.1 Å². The van der Waals surface area contributed by atoms with E-state index in [1.807, 2.05) is 6.92 Å². The van der Waals surface area contributed by atoms with Crippen molar-refractivity contribution in [2.24, 2.45) is 0 Å². The number of imidazole rings is 1. The zero-order valence-corrected chi connectivity index (χ0v) is 7.84. The molecule has 3 heteroatoms. The van der Waals surface area contributed by atoms with Gasteiger partial charge in [-0.1, -0.05) is 12.1 Å². The van der Waals surface area contributed by atoms with E-state index in [2.05, 4.69) is 16.2 Å². The standard InChI is InChI=1S/C11H10FN2/c1-8-13-7-11(14-8)6-9-2-4-10(12)5-3-9/h2-5H,6H2,1H3,(H,13,14). The van der Waals surface area contributed by atoms with Gasteiger partial charge >= 0.3 is 0 Å². The molecule has 0 aliphatic rings. The first-order valence-corrected chi connectivity index (χ1v) is 4.41. The molecule has 0 bridgehead atoms. The minimum Gasteiger partial charge on any atom is -0.345 e. The Morgan fingerprint density at radius 2 is 2.07 bits per heavy atom. The number of nitrogens with one attached hydrogen (secondary N) is 1. The number of H-pyrrole nitrogens is 1. The number of aromatic amines is 1. The zero-order chi connectivity index (χ0) is 9.97. The van der Waals surface area contributed by atoms with Gasteiger partial charge in [0.25, 0.3) is 0 Å². The van der Waals surface area contributed by atoms with Gasteiger partial charge in [0.15, 0.2) is 0 Å². The molecule has 14 heavy (non-hydrogen) atoms. The van der Waals surface area contributed by atoms with E-state index >= 15 is 0 Å². The van der Waals surface area contributed by atoms with Crippen molar-refractivity contribution in [1.29, 1.82) is 0 Å². The third-order valence-electron chi connectivity index (χ3n) is 1.98. The molecule has 0 saturated heterocycles. The Bertz CT molecular complexity index is 417. The van der Waals surface area contributed by atoms with Crippen LogP contribution in [0.15, 0.2) is 24.3 Å². The summed E-state index contributed by atoms with van der Waals surface area (Å²) in [5.41, 5.74) is 1.97. The topological polar surface area (TPSA) is 28.7 Å². The van der Waals surface area contributed by atoms with Gasteiger partial charge in [0.1, 0.15) is 17.8 Å². The van der Waals surface area contributed by atoms with Crippen molar-refractivity contribution in [2.75, 3.05) is 0 Å². The summed E-state index contributed by atoms with van der Waals surface area (Å²) < 4.78 is 12.6. The summed E-state index contributed by atoms with van der Waals surface area (Å²) in [5, 5.41) is 0.